The predicted octanol–water partition coefficient (Wildman–Crippen LogP) is 4.83. The number of halogens is 3. The quantitative estimate of drug-likeness (QED) is 0.517. The van der Waals surface area contributed by atoms with Gasteiger partial charge in [-0.15, -0.1) is 0 Å². The van der Waals surface area contributed by atoms with E-state index in [1.807, 2.05) is 24.3 Å². The van der Waals surface area contributed by atoms with E-state index in [1.54, 1.807) is 18.2 Å². The van der Waals surface area contributed by atoms with E-state index >= 15 is 0 Å². The number of benzene rings is 2. The van der Waals surface area contributed by atoms with Gasteiger partial charge in [-0.25, -0.2) is 0 Å². The Morgan fingerprint density at radius 3 is 2.43 bits per heavy atom. The molecule has 6 nitrogen and oxygen atoms in total. The van der Waals surface area contributed by atoms with Gasteiger partial charge < -0.3 is 9.64 Å². The van der Waals surface area contributed by atoms with Crippen molar-refractivity contribution in [3.63, 3.8) is 0 Å². The number of amides is 1. The minimum atomic E-state index is -4.22. The molecular weight excluding hydrogens is 485 g/mol. The molecule has 37 heavy (non-hydrogen) atoms. The molecule has 3 aliphatic rings. The van der Waals surface area contributed by atoms with E-state index in [2.05, 4.69) is 0 Å². The van der Waals surface area contributed by atoms with Crippen LogP contribution in [-0.2, 0) is 29.3 Å². The molecule has 0 radical (unpaired) electrons. The molecular formula is C28H29F3N2O4. The Bertz CT molecular complexity index is 1190. The molecule has 0 bridgehead atoms. The lowest BCUT2D eigenvalue weighted by Crippen LogP contribution is -2.48. The van der Waals surface area contributed by atoms with Gasteiger partial charge in [0.15, 0.2) is 5.78 Å². The lowest BCUT2D eigenvalue weighted by molar-refractivity contribution is -0.192. The van der Waals surface area contributed by atoms with Crippen LogP contribution in [0.15, 0.2) is 42.5 Å². The first-order valence-electron chi connectivity index (χ1n) is 12.7. The van der Waals surface area contributed by atoms with Crippen molar-refractivity contribution in [3.8, 4) is 5.75 Å². The number of ketones is 2. The number of piperidine rings is 1. The highest BCUT2D eigenvalue weighted by molar-refractivity contribution is 6.07. The van der Waals surface area contributed by atoms with Crippen molar-refractivity contribution in [2.75, 3.05) is 6.54 Å². The average molecular weight is 515 g/mol. The zero-order valence-corrected chi connectivity index (χ0v) is 20.4. The average Bonchev–Trinajstić information content (AvgIpc) is 3.20. The molecule has 0 N–H and O–H groups in total. The van der Waals surface area contributed by atoms with Gasteiger partial charge in [0.2, 0.25) is 0 Å². The van der Waals surface area contributed by atoms with Crippen LogP contribution in [0.2, 0.25) is 0 Å². The summed E-state index contributed by atoms with van der Waals surface area (Å²) in [5, 5.41) is 0. The van der Waals surface area contributed by atoms with Crippen LogP contribution in [0.5, 0.6) is 5.75 Å². The standard InChI is InChI=1S/C28H29F3N2O4/c29-28(30,31)26-6-1-2-13-32(26)15-18-7-9-19(10-8-18)17-37-25-5-3-4-21-22(25)16-33(27(21)36)23-12-11-20(34)14-24(23)35/h3-5,7-10,23,26H,1-2,6,11-17H2/t23?,26-/m0/s1. The van der Waals surface area contributed by atoms with Gasteiger partial charge in [0.1, 0.15) is 24.2 Å². The van der Waals surface area contributed by atoms with E-state index < -0.39 is 18.3 Å². The van der Waals surface area contributed by atoms with E-state index in [1.165, 1.54) is 9.80 Å². The molecule has 1 amide bonds. The van der Waals surface area contributed by atoms with Crippen LogP contribution in [-0.4, -0.2) is 52.1 Å². The molecule has 196 valence electrons. The van der Waals surface area contributed by atoms with E-state index in [9.17, 15) is 27.6 Å². The van der Waals surface area contributed by atoms with Gasteiger partial charge in [0.05, 0.1) is 19.0 Å². The highest BCUT2D eigenvalue weighted by Crippen LogP contribution is 2.35. The summed E-state index contributed by atoms with van der Waals surface area (Å²) in [6.45, 7) is 1.17. The van der Waals surface area contributed by atoms with Crippen molar-refractivity contribution >= 4 is 17.5 Å². The van der Waals surface area contributed by atoms with Gasteiger partial charge >= 0.3 is 6.18 Å². The molecule has 1 unspecified atom stereocenters. The van der Waals surface area contributed by atoms with Crippen LogP contribution < -0.4 is 4.74 Å². The maximum Gasteiger partial charge on any atom is 0.404 e. The summed E-state index contributed by atoms with van der Waals surface area (Å²) in [6.07, 6.45) is -2.19. The molecule has 5 rings (SSSR count). The molecule has 2 aliphatic heterocycles. The molecule has 2 heterocycles. The van der Waals surface area contributed by atoms with Crippen LogP contribution in [0.3, 0.4) is 0 Å². The number of likely N-dealkylation sites (tertiary alicyclic amines) is 1. The lowest BCUT2D eigenvalue weighted by Gasteiger charge is -2.36. The molecule has 1 saturated carbocycles. The number of nitrogens with zero attached hydrogens (tertiary/aromatic N) is 2. The predicted molar refractivity (Wildman–Crippen MR) is 129 cm³/mol. The fraction of sp³-hybridized carbons (Fsp3) is 0.464. The Labute approximate surface area is 213 Å². The van der Waals surface area contributed by atoms with Crippen LogP contribution in [0.1, 0.15) is 65.6 Å². The SMILES string of the molecule is O=C1CCC(N2Cc3c(OCc4ccc(CN5CCCC[C@H]5C(F)(F)F)cc4)cccc3C2=O)C(=O)C1. The Morgan fingerprint density at radius 2 is 1.70 bits per heavy atom. The Hall–Kier alpha value is -3.20. The van der Waals surface area contributed by atoms with E-state index in [-0.39, 0.29) is 50.0 Å². The van der Waals surface area contributed by atoms with Crippen LogP contribution in [0.4, 0.5) is 13.2 Å². The van der Waals surface area contributed by atoms with E-state index in [0.29, 0.717) is 37.1 Å². The maximum absolute atomic E-state index is 13.4. The van der Waals surface area contributed by atoms with Crippen molar-refractivity contribution < 1.29 is 32.3 Å². The number of carbonyl (C=O) groups excluding carboxylic acids is 3. The minimum absolute atomic E-state index is 0.0865. The summed E-state index contributed by atoms with van der Waals surface area (Å²) in [6, 6.07) is 10.6. The maximum atomic E-state index is 13.4. The summed E-state index contributed by atoms with van der Waals surface area (Å²) in [7, 11) is 0. The number of ether oxygens (including phenoxy) is 1. The Balaban J connectivity index is 1.22. The monoisotopic (exact) mass is 514 g/mol. The Kier molecular flexibility index (Phi) is 7.07. The largest absolute Gasteiger partial charge is 0.489 e. The number of rotatable bonds is 6. The first-order chi connectivity index (χ1) is 17.7. The van der Waals surface area contributed by atoms with Gasteiger partial charge in [-0.3, -0.25) is 19.3 Å². The summed E-state index contributed by atoms with van der Waals surface area (Å²) in [4.78, 5) is 40.0. The number of carbonyl (C=O) groups is 3. The number of alkyl halides is 3. The van der Waals surface area contributed by atoms with Crippen LogP contribution >= 0.6 is 0 Å². The van der Waals surface area contributed by atoms with Crippen molar-refractivity contribution in [1.29, 1.82) is 0 Å². The topological polar surface area (TPSA) is 66.9 Å². The zero-order chi connectivity index (χ0) is 26.2. The van der Waals surface area contributed by atoms with Gasteiger partial charge in [-0.05, 0) is 49.1 Å². The molecule has 2 atom stereocenters. The van der Waals surface area contributed by atoms with E-state index in [0.717, 1.165) is 23.1 Å². The van der Waals surface area contributed by atoms with Gasteiger partial charge in [0, 0.05) is 24.1 Å². The van der Waals surface area contributed by atoms with Crippen LogP contribution in [0.25, 0.3) is 0 Å². The number of hydrogen-bond donors (Lipinski definition) is 0. The lowest BCUT2D eigenvalue weighted by atomic mass is 9.92. The molecule has 2 fully saturated rings. The molecule has 1 saturated heterocycles. The molecule has 9 heteroatoms. The van der Waals surface area contributed by atoms with Gasteiger partial charge in [0.25, 0.3) is 5.91 Å². The second kappa shape index (κ2) is 10.3. The van der Waals surface area contributed by atoms with Gasteiger partial charge in [-0.2, -0.15) is 13.2 Å². The fourth-order valence-electron chi connectivity index (χ4n) is 5.59. The number of hydrogen-bond acceptors (Lipinski definition) is 5. The number of Topliss-reactive ketones (excluding diaryl/α,β-unsaturated/α-hetero) is 2. The van der Waals surface area contributed by atoms with Crippen molar-refractivity contribution in [2.24, 2.45) is 0 Å². The smallest absolute Gasteiger partial charge is 0.404 e. The van der Waals surface area contributed by atoms with Gasteiger partial charge in [-0.1, -0.05) is 36.8 Å². The van der Waals surface area contributed by atoms with Crippen molar-refractivity contribution in [2.45, 2.75) is 76.5 Å². The summed E-state index contributed by atoms with van der Waals surface area (Å²) < 4.78 is 46.2. The van der Waals surface area contributed by atoms with Crippen LogP contribution in [0, 0.1) is 0 Å². The molecule has 0 aromatic heterocycles. The third-order valence-electron chi connectivity index (χ3n) is 7.56. The Morgan fingerprint density at radius 1 is 0.946 bits per heavy atom. The number of fused-ring (bicyclic) bond motifs is 1. The highest BCUT2D eigenvalue weighted by atomic mass is 19.4. The summed E-state index contributed by atoms with van der Waals surface area (Å²) in [5.74, 6) is 0.0214. The highest BCUT2D eigenvalue weighted by Gasteiger charge is 2.44. The first kappa shape index (κ1) is 25.4. The second-order valence-corrected chi connectivity index (χ2v) is 10.1. The third-order valence-corrected chi connectivity index (χ3v) is 7.56. The zero-order valence-electron chi connectivity index (χ0n) is 20.4. The summed E-state index contributed by atoms with van der Waals surface area (Å²) in [5.41, 5.74) is 2.89. The molecule has 1 aliphatic carbocycles. The summed E-state index contributed by atoms with van der Waals surface area (Å²) >= 11 is 0. The molecule has 2 aromatic rings. The minimum Gasteiger partial charge on any atom is -0.489 e. The normalized spacial score (nSPS) is 22.9. The third kappa shape index (κ3) is 5.42. The van der Waals surface area contributed by atoms with Crippen molar-refractivity contribution in [1.82, 2.24) is 9.80 Å². The van der Waals surface area contributed by atoms with Crippen molar-refractivity contribution in [3.05, 3.63) is 64.7 Å². The first-order valence-corrected chi connectivity index (χ1v) is 12.7. The molecule has 0 spiro atoms. The van der Waals surface area contributed by atoms with E-state index in [4.69, 9.17) is 4.74 Å². The fourth-order valence-corrected chi connectivity index (χ4v) is 5.59. The second-order valence-electron chi connectivity index (χ2n) is 10.1. The molecule has 2 aromatic carbocycles.